The number of nitrogens with one attached hydrogen (secondary N) is 1. The van der Waals surface area contributed by atoms with Gasteiger partial charge in [-0.1, -0.05) is 12.1 Å². The molecule has 1 heterocycles. The Morgan fingerprint density at radius 1 is 1.26 bits per heavy atom. The summed E-state index contributed by atoms with van der Waals surface area (Å²) in [6.07, 6.45) is 4.43. The van der Waals surface area contributed by atoms with Crippen LogP contribution in [0.1, 0.15) is 25.0 Å². The average Bonchev–Trinajstić information content (AvgIpc) is 2.43. The summed E-state index contributed by atoms with van der Waals surface area (Å²) in [6.45, 7) is 6.16. The van der Waals surface area contributed by atoms with Crippen LogP contribution in [0.4, 0.5) is 5.82 Å². The van der Waals surface area contributed by atoms with Crippen LogP contribution in [-0.2, 0) is 16.4 Å². The molecule has 6 nitrogen and oxygen atoms in total. The van der Waals surface area contributed by atoms with Gasteiger partial charge in [0.2, 0.25) is 5.88 Å². The summed E-state index contributed by atoms with van der Waals surface area (Å²) < 4.78 is 28.7. The lowest BCUT2D eigenvalue weighted by atomic mass is 10.1. The zero-order valence-electron chi connectivity index (χ0n) is 13.7. The lowest BCUT2D eigenvalue weighted by molar-refractivity contribution is 0.232. The number of hydrogen-bond acceptors (Lipinski definition) is 6. The fourth-order valence-electron chi connectivity index (χ4n) is 2.16. The lowest BCUT2D eigenvalue weighted by Gasteiger charge is -2.11. The van der Waals surface area contributed by atoms with Crippen LogP contribution in [0.2, 0.25) is 0 Å². The first-order valence-electron chi connectivity index (χ1n) is 7.28. The molecule has 0 aliphatic carbocycles. The van der Waals surface area contributed by atoms with Crippen molar-refractivity contribution in [2.45, 2.75) is 38.3 Å². The van der Waals surface area contributed by atoms with Gasteiger partial charge in [-0.2, -0.15) is 4.98 Å². The fourth-order valence-corrected chi connectivity index (χ4v) is 3.12. The van der Waals surface area contributed by atoms with Crippen molar-refractivity contribution < 1.29 is 13.2 Å². The summed E-state index contributed by atoms with van der Waals surface area (Å²) >= 11 is 0. The van der Waals surface area contributed by atoms with Gasteiger partial charge in [-0.05, 0) is 38.0 Å². The zero-order chi connectivity index (χ0) is 17.0. The second-order valence-electron chi connectivity index (χ2n) is 5.63. The van der Waals surface area contributed by atoms with E-state index >= 15 is 0 Å². The van der Waals surface area contributed by atoms with Crippen LogP contribution in [0.3, 0.4) is 0 Å². The molecule has 0 aliphatic rings. The van der Waals surface area contributed by atoms with Crippen molar-refractivity contribution in [3.05, 3.63) is 41.7 Å². The number of aromatic nitrogens is 2. The first-order chi connectivity index (χ1) is 10.8. The molecule has 0 atom stereocenters. The SMILES string of the molecule is Cc1cc(CNc2cncc(OC(C)C)n2)ccc1S(C)(=O)=O. The number of benzene rings is 1. The van der Waals surface area contributed by atoms with E-state index in [9.17, 15) is 8.42 Å². The third-order valence-corrected chi connectivity index (χ3v) is 4.34. The molecule has 23 heavy (non-hydrogen) atoms. The van der Waals surface area contributed by atoms with Gasteiger partial charge in [0.05, 0.1) is 23.4 Å². The number of sulfone groups is 1. The number of aryl methyl sites for hydroxylation is 1. The molecule has 2 rings (SSSR count). The third-order valence-electron chi connectivity index (χ3n) is 3.08. The standard InChI is InChI=1S/C16H21N3O3S/c1-11(2)22-16-10-17-9-15(19-16)18-8-13-5-6-14(12(3)7-13)23(4,20)21/h5-7,9-11H,8H2,1-4H3,(H,18,19). The van der Waals surface area contributed by atoms with Crippen molar-refractivity contribution in [1.29, 1.82) is 0 Å². The van der Waals surface area contributed by atoms with Crippen LogP contribution in [-0.4, -0.2) is 30.7 Å². The maximum absolute atomic E-state index is 11.6. The Morgan fingerprint density at radius 2 is 2.00 bits per heavy atom. The Kier molecular flexibility index (Phi) is 5.20. The Hall–Kier alpha value is -2.15. The maximum atomic E-state index is 11.6. The molecule has 0 spiro atoms. The average molecular weight is 335 g/mol. The highest BCUT2D eigenvalue weighted by atomic mass is 32.2. The van der Waals surface area contributed by atoms with Gasteiger partial charge in [-0.3, -0.25) is 4.98 Å². The van der Waals surface area contributed by atoms with Crippen LogP contribution < -0.4 is 10.1 Å². The van der Waals surface area contributed by atoms with Crippen molar-refractivity contribution in [3.8, 4) is 5.88 Å². The molecular formula is C16H21N3O3S. The van der Waals surface area contributed by atoms with E-state index in [-0.39, 0.29) is 6.10 Å². The van der Waals surface area contributed by atoms with Crippen molar-refractivity contribution in [2.75, 3.05) is 11.6 Å². The van der Waals surface area contributed by atoms with E-state index in [1.807, 2.05) is 19.9 Å². The molecule has 1 aromatic heterocycles. The van der Waals surface area contributed by atoms with Gasteiger partial charge in [-0.15, -0.1) is 0 Å². The third kappa shape index (κ3) is 4.92. The second-order valence-corrected chi connectivity index (χ2v) is 7.62. The molecule has 0 saturated heterocycles. The lowest BCUT2D eigenvalue weighted by Crippen LogP contribution is -2.09. The fraction of sp³-hybridized carbons (Fsp3) is 0.375. The van der Waals surface area contributed by atoms with Crippen LogP contribution in [0.25, 0.3) is 0 Å². The van der Waals surface area contributed by atoms with Crippen molar-refractivity contribution in [1.82, 2.24) is 9.97 Å². The molecule has 0 unspecified atom stereocenters. The molecule has 0 saturated carbocycles. The predicted molar refractivity (Wildman–Crippen MR) is 89.4 cm³/mol. The predicted octanol–water partition coefficient (Wildman–Crippen LogP) is 2.59. The van der Waals surface area contributed by atoms with Crippen LogP contribution in [0, 0.1) is 6.92 Å². The molecule has 0 fully saturated rings. The number of hydrogen-bond donors (Lipinski definition) is 1. The minimum atomic E-state index is -3.19. The molecule has 2 aromatic rings. The van der Waals surface area contributed by atoms with Crippen LogP contribution in [0.5, 0.6) is 5.88 Å². The minimum Gasteiger partial charge on any atom is -0.474 e. The van der Waals surface area contributed by atoms with Gasteiger partial charge in [0, 0.05) is 12.8 Å². The number of nitrogens with zero attached hydrogens (tertiary/aromatic N) is 2. The van der Waals surface area contributed by atoms with Gasteiger partial charge in [0.15, 0.2) is 9.84 Å². The zero-order valence-corrected chi connectivity index (χ0v) is 14.5. The molecule has 0 radical (unpaired) electrons. The highest BCUT2D eigenvalue weighted by Crippen LogP contribution is 2.18. The quantitative estimate of drug-likeness (QED) is 0.874. The normalized spacial score (nSPS) is 11.5. The van der Waals surface area contributed by atoms with E-state index < -0.39 is 9.84 Å². The van der Waals surface area contributed by atoms with Gasteiger partial charge in [-0.25, -0.2) is 8.42 Å². The summed E-state index contributed by atoms with van der Waals surface area (Å²) in [7, 11) is -3.19. The number of rotatable bonds is 6. The first-order valence-corrected chi connectivity index (χ1v) is 9.17. The topological polar surface area (TPSA) is 81.2 Å². The minimum absolute atomic E-state index is 0.0331. The maximum Gasteiger partial charge on any atom is 0.234 e. The largest absolute Gasteiger partial charge is 0.474 e. The summed E-state index contributed by atoms with van der Waals surface area (Å²) in [6, 6.07) is 5.27. The number of ether oxygens (including phenoxy) is 1. The van der Waals surface area contributed by atoms with Crippen LogP contribution in [0.15, 0.2) is 35.5 Å². The number of anilines is 1. The smallest absolute Gasteiger partial charge is 0.234 e. The van der Waals surface area contributed by atoms with E-state index in [0.717, 1.165) is 11.1 Å². The van der Waals surface area contributed by atoms with Gasteiger partial charge in [0.1, 0.15) is 5.82 Å². The summed E-state index contributed by atoms with van der Waals surface area (Å²) in [5.74, 6) is 1.07. The van der Waals surface area contributed by atoms with Crippen molar-refractivity contribution >= 4 is 15.7 Å². The highest BCUT2D eigenvalue weighted by Gasteiger charge is 2.11. The first kappa shape index (κ1) is 17.2. The van der Waals surface area contributed by atoms with Crippen LogP contribution >= 0.6 is 0 Å². The highest BCUT2D eigenvalue weighted by molar-refractivity contribution is 7.90. The Morgan fingerprint density at radius 3 is 2.61 bits per heavy atom. The molecule has 1 aromatic carbocycles. The van der Waals surface area contributed by atoms with Gasteiger partial charge >= 0.3 is 0 Å². The molecule has 0 bridgehead atoms. The summed E-state index contributed by atoms with van der Waals surface area (Å²) in [4.78, 5) is 8.76. The molecule has 7 heteroatoms. The molecule has 1 N–H and O–H groups in total. The van der Waals surface area contributed by atoms with Crippen molar-refractivity contribution in [2.24, 2.45) is 0 Å². The van der Waals surface area contributed by atoms with Gasteiger partial charge in [0.25, 0.3) is 0 Å². The van der Waals surface area contributed by atoms with Crippen molar-refractivity contribution in [3.63, 3.8) is 0 Å². The monoisotopic (exact) mass is 335 g/mol. The molecule has 0 aliphatic heterocycles. The second kappa shape index (κ2) is 6.95. The molecule has 124 valence electrons. The Labute approximate surface area is 136 Å². The Bertz CT molecular complexity index is 789. The Balaban J connectivity index is 2.08. The van der Waals surface area contributed by atoms with E-state index in [1.165, 1.54) is 6.26 Å². The van der Waals surface area contributed by atoms with E-state index in [1.54, 1.807) is 31.5 Å². The van der Waals surface area contributed by atoms with E-state index in [2.05, 4.69) is 15.3 Å². The molecule has 0 amide bonds. The summed E-state index contributed by atoms with van der Waals surface area (Å²) in [5.41, 5.74) is 1.70. The van der Waals surface area contributed by atoms with E-state index in [0.29, 0.717) is 23.1 Å². The molecular weight excluding hydrogens is 314 g/mol. The van der Waals surface area contributed by atoms with Gasteiger partial charge < -0.3 is 10.1 Å². The summed E-state index contributed by atoms with van der Waals surface area (Å²) in [5, 5.41) is 3.16. The van der Waals surface area contributed by atoms with E-state index in [4.69, 9.17) is 4.74 Å².